The minimum absolute atomic E-state index is 0.0689. The van der Waals surface area contributed by atoms with E-state index in [1.807, 2.05) is 20.9 Å². The summed E-state index contributed by atoms with van der Waals surface area (Å²) in [5, 5.41) is 8.27. The Bertz CT molecular complexity index is 816. The summed E-state index contributed by atoms with van der Waals surface area (Å²) in [7, 11) is 1.82. The summed E-state index contributed by atoms with van der Waals surface area (Å²) >= 11 is 0. The minimum atomic E-state index is -0.293. The zero-order valence-corrected chi connectivity index (χ0v) is 13.9. The molecule has 1 aliphatic rings. The lowest BCUT2D eigenvalue weighted by Crippen LogP contribution is -2.37. The average Bonchev–Trinajstić information content (AvgIpc) is 2.78. The number of rotatable bonds is 1. The number of likely N-dealkylation sites (tertiary alicyclic amines) is 1. The maximum atomic E-state index is 12.9. The van der Waals surface area contributed by atoms with Gasteiger partial charge < -0.3 is 4.90 Å². The van der Waals surface area contributed by atoms with Crippen molar-refractivity contribution < 1.29 is 9.18 Å². The van der Waals surface area contributed by atoms with E-state index in [-0.39, 0.29) is 23.2 Å². The number of likely N-dealkylation sites (N-methyl/N-ethyl adjacent to an activating group) is 1. The Hall–Kier alpha value is -2.74. The Kier molecular flexibility index (Phi) is 4.06. The van der Waals surface area contributed by atoms with Gasteiger partial charge in [-0.15, -0.1) is 5.10 Å². The normalized spacial score (nSPS) is 19.1. The molecule has 0 radical (unpaired) electrons. The van der Waals surface area contributed by atoms with Crippen molar-refractivity contribution >= 4 is 5.91 Å². The van der Waals surface area contributed by atoms with E-state index >= 15 is 0 Å². The fraction of sp³-hybridized carbons (Fsp3) is 0.316. The second kappa shape index (κ2) is 6.04. The summed E-state index contributed by atoms with van der Waals surface area (Å²) in [6.45, 7) is 4.09. The van der Waals surface area contributed by atoms with Crippen LogP contribution in [0.15, 0.2) is 36.4 Å². The first kappa shape index (κ1) is 16.1. The lowest BCUT2D eigenvalue weighted by molar-refractivity contribution is -0.130. The lowest BCUT2D eigenvalue weighted by Gasteiger charge is -2.26. The molecule has 2 aromatic rings. The Morgan fingerprint density at radius 3 is 2.38 bits per heavy atom. The van der Waals surface area contributed by atoms with Crippen molar-refractivity contribution in [2.45, 2.75) is 31.7 Å². The topological polar surface area (TPSA) is 46.1 Å². The summed E-state index contributed by atoms with van der Waals surface area (Å²) in [6, 6.07) is 9.51. The number of benzene rings is 1. The molecular formula is C19H18FN3O. The summed E-state index contributed by atoms with van der Waals surface area (Å²) in [5.41, 5.74) is 1.72. The Labute approximate surface area is 140 Å². The van der Waals surface area contributed by atoms with Crippen LogP contribution in [-0.2, 0) is 4.79 Å². The van der Waals surface area contributed by atoms with E-state index in [2.05, 4.69) is 22.0 Å². The molecule has 1 aromatic carbocycles. The highest BCUT2D eigenvalue weighted by Gasteiger charge is 2.44. The SMILES string of the molecule is CN1C(=O)C(c2ccc(C#Cc3ccc(F)cc3)nn2)CC1(C)C. The lowest BCUT2D eigenvalue weighted by atomic mass is 9.94. The number of nitrogens with zero attached hydrogens (tertiary/aromatic N) is 3. The van der Waals surface area contributed by atoms with E-state index in [1.54, 1.807) is 29.2 Å². The molecular weight excluding hydrogens is 305 g/mol. The van der Waals surface area contributed by atoms with Crippen LogP contribution in [-0.4, -0.2) is 33.6 Å². The Morgan fingerprint density at radius 2 is 1.83 bits per heavy atom. The van der Waals surface area contributed by atoms with E-state index in [1.165, 1.54) is 12.1 Å². The van der Waals surface area contributed by atoms with E-state index in [0.717, 1.165) is 6.42 Å². The zero-order valence-electron chi connectivity index (χ0n) is 13.9. The minimum Gasteiger partial charge on any atom is -0.340 e. The quantitative estimate of drug-likeness (QED) is 0.758. The molecule has 0 saturated carbocycles. The second-order valence-corrected chi connectivity index (χ2v) is 6.57. The molecule has 4 nitrogen and oxygen atoms in total. The highest BCUT2D eigenvalue weighted by molar-refractivity contribution is 5.86. The van der Waals surface area contributed by atoms with Gasteiger partial charge in [0.2, 0.25) is 5.91 Å². The molecule has 1 atom stereocenters. The van der Waals surface area contributed by atoms with Crippen LogP contribution in [0.3, 0.4) is 0 Å². The molecule has 0 bridgehead atoms. The molecule has 0 N–H and O–H groups in total. The number of carbonyl (C=O) groups excluding carboxylic acids is 1. The summed E-state index contributed by atoms with van der Waals surface area (Å²) in [4.78, 5) is 14.1. The van der Waals surface area contributed by atoms with Gasteiger partial charge in [-0.25, -0.2) is 4.39 Å². The molecule has 0 aliphatic carbocycles. The van der Waals surface area contributed by atoms with Gasteiger partial charge in [-0.2, -0.15) is 5.10 Å². The molecule has 1 saturated heterocycles. The van der Waals surface area contributed by atoms with Gasteiger partial charge in [0.25, 0.3) is 0 Å². The average molecular weight is 323 g/mol. The molecule has 24 heavy (non-hydrogen) atoms. The van der Waals surface area contributed by atoms with Gasteiger partial charge in [0, 0.05) is 18.2 Å². The van der Waals surface area contributed by atoms with E-state index < -0.39 is 0 Å². The van der Waals surface area contributed by atoms with Gasteiger partial charge in [-0.05, 0) is 62.6 Å². The Balaban J connectivity index is 1.77. The van der Waals surface area contributed by atoms with Gasteiger partial charge in [0.05, 0.1) is 11.6 Å². The predicted molar refractivity (Wildman–Crippen MR) is 88.6 cm³/mol. The van der Waals surface area contributed by atoms with Crippen LogP contribution in [0, 0.1) is 17.7 Å². The molecule has 122 valence electrons. The first-order valence-electron chi connectivity index (χ1n) is 7.76. The van der Waals surface area contributed by atoms with Gasteiger partial charge in [-0.3, -0.25) is 4.79 Å². The van der Waals surface area contributed by atoms with Gasteiger partial charge in [0.15, 0.2) is 0 Å². The largest absolute Gasteiger partial charge is 0.340 e. The molecule has 5 heteroatoms. The van der Waals surface area contributed by atoms with Crippen LogP contribution >= 0.6 is 0 Å². The van der Waals surface area contributed by atoms with Crippen LogP contribution in [0.25, 0.3) is 0 Å². The van der Waals surface area contributed by atoms with Crippen LogP contribution in [0.5, 0.6) is 0 Å². The second-order valence-electron chi connectivity index (χ2n) is 6.57. The molecule has 2 heterocycles. The van der Waals surface area contributed by atoms with Crippen molar-refractivity contribution in [3.8, 4) is 11.8 Å². The van der Waals surface area contributed by atoms with Crippen molar-refractivity contribution in [3.05, 3.63) is 59.2 Å². The maximum Gasteiger partial charge on any atom is 0.232 e. The third-order valence-corrected chi connectivity index (χ3v) is 4.46. The molecule has 1 fully saturated rings. The number of halogens is 1. The smallest absolute Gasteiger partial charge is 0.232 e. The standard InChI is InChI=1S/C19H18FN3O/c1-19(2)12-16(18(24)23(19)3)17-11-10-15(21-22-17)9-6-13-4-7-14(20)8-5-13/h4-5,7-8,10-11,16H,12H2,1-3H3. The van der Waals surface area contributed by atoms with Crippen molar-refractivity contribution in [2.75, 3.05) is 7.05 Å². The van der Waals surface area contributed by atoms with Crippen LogP contribution in [0.2, 0.25) is 0 Å². The number of hydrogen-bond donors (Lipinski definition) is 0. The highest BCUT2D eigenvalue weighted by Crippen LogP contribution is 2.37. The first-order chi connectivity index (χ1) is 11.4. The summed E-state index contributed by atoms with van der Waals surface area (Å²) in [5.74, 6) is 5.33. The maximum absolute atomic E-state index is 12.9. The molecule has 1 unspecified atom stereocenters. The van der Waals surface area contributed by atoms with Gasteiger partial charge >= 0.3 is 0 Å². The van der Waals surface area contributed by atoms with Crippen molar-refractivity contribution in [2.24, 2.45) is 0 Å². The zero-order chi connectivity index (χ0) is 17.3. The van der Waals surface area contributed by atoms with E-state index in [0.29, 0.717) is 17.0 Å². The summed E-state index contributed by atoms with van der Waals surface area (Å²) in [6.07, 6.45) is 0.720. The fourth-order valence-electron chi connectivity index (χ4n) is 2.75. The molecule has 1 aliphatic heterocycles. The highest BCUT2D eigenvalue weighted by atomic mass is 19.1. The third kappa shape index (κ3) is 3.13. The monoisotopic (exact) mass is 323 g/mol. The molecule has 0 spiro atoms. The number of aromatic nitrogens is 2. The van der Waals surface area contributed by atoms with Gasteiger partial charge in [-0.1, -0.05) is 5.92 Å². The fourth-order valence-corrected chi connectivity index (χ4v) is 2.75. The van der Waals surface area contributed by atoms with E-state index in [9.17, 15) is 9.18 Å². The molecule has 1 aromatic heterocycles. The first-order valence-corrected chi connectivity index (χ1v) is 7.76. The van der Waals surface area contributed by atoms with Crippen LogP contribution < -0.4 is 0 Å². The van der Waals surface area contributed by atoms with Crippen molar-refractivity contribution in [1.82, 2.24) is 15.1 Å². The van der Waals surface area contributed by atoms with Gasteiger partial charge in [0.1, 0.15) is 11.5 Å². The summed E-state index contributed by atoms with van der Waals surface area (Å²) < 4.78 is 12.9. The number of carbonyl (C=O) groups is 1. The third-order valence-electron chi connectivity index (χ3n) is 4.46. The number of amides is 1. The van der Waals surface area contributed by atoms with Crippen LogP contribution in [0.1, 0.15) is 43.1 Å². The number of hydrogen-bond acceptors (Lipinski definition) is 3. The van der Waals surface area contributed by atoms with Crippen LogP contribution in [0.4, 0.5) is 4.39 Å². The Morgan fingerprint density at radius 1 is 1.12 bits per heavy atom. The molecule has 3 rings (SSSR count). The van der Waals surface area contributed by atoms with Crippen molar-refractivity contribution in [3.63, 3.8) is 0 Å². The van der Waals surface area contributed by atoms with Crippen molar-refractivity contribution in [1.29, 1.82) is 0 Å². The predicted octanol–water partition coefficient (Wildman–Crippen LogP) is 2.74. The van der Waals surface area contributed by atoms with E-state index in [4.69, 9.17) is 0 Å². The molecule has 1 amide bonds.